The number of carbonyl (C=O) groups excluding carboxylic acids is 1. The second-order valence-corrected chi connectivity index (χ2v) is 7.02. The minimum atomic E-state index is -0.393. The molecule has 0 spiro atoms. The summed E-state index contributed by atoms with van der Waals surface area (Å²) in [7, 11) is 1.62. The zero-order chi connectivity index (χ0) is 19.2. The maximum atomic E-state index is 12.9. The number of aryl methyl sites for hydroxylation is 1. The Morgan fingerprint density at radius 3 is 2.78 bits per heavy atom. The summed E-state index contributed by atoms with van der Waals surface area (Å²) in [5, 5.41) is 10.1. The van der Waals surface area contributed by atoms with Crippen LogP contribution >= 0.6 is 11.3 Å². The molecule has 0 bridgehead atoms. The summed E-state index contributed by atoms with van der Waals surface area (Å²) in [6.07, 6.45) is 1.27. The third kappa shape index (κ3) is 4.44. The van der Waals surface area contributed by atoms with Crippen molar-refractivity contribution in [2.24, 2.45) is 0 Å². The van der Waals surface area contributed by atoms with Gasteiger partial charge in [-0.3, -0.25) is 9.59 Å². The number of fused-ring (bicyclic) bond motifs is 1. The topological polar surface area (TPSA) is 77.8 Å². The minimum Gasteiger partial charge on any atom is -0.508 e. The van der Waals surface area contributed by atoms with Crippen molar-refractivity contribution in [1.82, 2.24) is 4.57 Å². The first-order valence-electron chi connectivity index (χ1n) is 8.65. The lowest BCUT2D eigenvalue weighted by Crippen LogP contribution is -2.22. The number of hydrogen-bond acceptors (Lipinski definition) is 6. The minimum absolute atomic E-state index is 0.131. The van der Waals surface area contributed by atoms with Crippen LogP contribution in [0.25, 0.3) is 10.2 Å². The molecule has 3 aromatic rings. The van der Waals surface area contributed by atoms with E-state index in [0.29, 0.717) is 49.3 Å². The van der Waals surface area contributed by atoms with Gasteiger partial charge in [-0.25, -0.2) is 4.57 Å². The fourth-order valence-electron chi connectivity index (χ4n) is 2.82. The zero-order valence-electron chi connectivity index (χ0n) is 15.0. The Kier molecular flexibility index (Phi) is 6.39. The number of carbonyl (C=O) groups is 1. The van der Waals surface area contributed by atoms with Crippen molar-refractivity contribution in [3.05, 3.63) is 63.3 Å². The first kappa shape index (κ1) is 19.3. The lowest BCUT2D eigenvalue weighted by atomic mass is 10.0. The van der Waals surface area contributed by atoms with Crippen molar-refractivity contribution < 1.29 is 19.4 Å². The van der Waals surface area contributed by atoms with E-state index in [-0.39, 0.29) is 10.6 Å². The summed E-state index contributed by atoms with van der Waals surface area (Å²) in [4.78, 5) is 24.9. The van der Waals surface area contributed by atoms with Gasteiger partial charge in [0.25, 0.3) is 5.91 Å². The molecule has 1 N–H and O–H groups in total. The standard InChI is InChI=1S/C20H21NO5S/c1-25-11-12-26-10-4-5-14-13-15(8-9-17(14)22)19(23)21-16-6-2-3-7-18(16)27-20(21)24/h2-3,6-9,13,22H,4-5,10-12H2,1H3. The van der Waals surface area contributed by atoms with Crippen LogP contribution in [0.5, 0.6) is 5.75 Å². The molecule has 0 aliphatic carbocycles. The Bertz CT molecular complexity index is 991. The van der Waals surface area contributed by atoms with Crippen LogP contribution in [0, 0.1) is 0 Å². The molecule has 2 aromatic carbocycles. The third-order valence-corrected chi connectivity index (χ3v) is 5.10. The van der Waals surface area contributed by atoms with E-state index in [1.165, 1.54) is 16.7 Å². The van der Waals surface area contributed by atoms with Crippen LogP contribution in [0.15, 0.2) is 47.3 Å². The second kappa shape index (κ2) is 8.94. The van der Waals surface area contributed by atoms with Gasteiger partial charge in [0, 0.05) is 19.3 Å². The van der Waals surface area contributed by atoms with E-state index in [1.54, 1.807) is 25.3 Å². The number of aromatic nitrogens is 1. The average Bonchev–Trinajstić information content (AvgIpc) is 3.01. The van der Waals surface area contributed by atoms with Crippen molar-refractivity contribution >= 4 is 27.5 Å². The predicted octanol–water partition coefficient (Wildman–Crippen LogP) is 3.05. The number of phenolic OH excluding ortho intramolecular Hbond substituents is 1. The van der Waals surface area contributed by atoms with Crippen molar-refractivity contribution in [2.75, 3.05) is 26.9 Å². The molecule has 142 valence electrons. The number of methoxy groups -OCH3 is 1. The Labute approximate surface area is 160 Å². The van der Waals surface area contributed by atoms with Crippen molar-refractivity contribution in [2.45, 2.75) is 12.8 Å². The summed E-state index contributed by atoms with van der Waals surface area (Å²) in [5.41, 5.74) is 1.62. The van der Waals surface area contributed by atoms with Gasteiger partial charge in [-0.15, -0.1) is 0 Å². The number of benzene rings is 2. The Balaban J connectivity index is 1.77. The maximum absolute atomic E-state index is 12.9. The number of rotatable bonds is 8. The van der Waals surface area contributed by atoms with Crippen molar-refractivity contribution in [3.8, 4) is 5.75 Å². The van der Waals surface area contributed by atoms with E-state index in [2.05, 4.69) is 0 Å². The van der Waals surface area contributed by atoms with Crippen molar-refractivity contribution in [1.29, 1.82) is 0 Å². The predicted molar refractivity (Wildman–Crippen MR) is 105 cm³/mol. The first-order valence-corrected chi connectivity index (χ1v) is 9.47. The van der Waals surface area contributed by atoms with Crippen LogP contribution in [-0.2, 0) is 15.9 Å². The molecule has 0 amide bonds. The van der Waals surface area contributed by atoms with Crippen LogP contribution in [0.2, 0.25) is 0 Å². The normalized spacial score (nSPS) is 11.1. The quantitative estimate of drug-likeness (QED) is 0.601. The van der Waals surface area contributed by atoms with Gasteiger partial charge in [0.1, 0.15) is 5.75 Å². The zero-order valence-corrected chi connectivity index (χ0v) is 15.8. The molecule has 1 heterocycles. The van der Waals surface area contributed by atoms with Crippen LogP contribution in [0.1, 0.15) is 22.3 Å². The van der Waals surface area contributed by atoms with Gasteiger partial charge in [0.05, 0.1) is 23.4 Å². The molecule has 0 aliphatic rings. The monoisotopic (exact) mass is 387 g/mol. The summed E-state index contributed by atoms with van der Waals surface area (Å²) >= 11 is 1.04. The van der Waals surface area contributed by atoms with Crippen LogP contribution in [-0.4, -0.2) is 42.5 Å². The molecule has 0 aliphatic heterocycles. The number of phenols is 1. The maximum Gasteiger partial charge on any atom is 0.315 e. The van der Waals surface area contributed by atoms with E-state index in [9.17, 15) is 14.7 Å². The molecule has 0 saturated heterocycles. The second-order valence-electron chi connectivity index (χ2n) is 6.03. The largest absolute Gasteiger partial charge is 0.508 e. The summed E-state index contributed by atoms with van der Waals surface area (Å²) in [6.45, 7) is 1.60. The molecule has 3 rings (SSSR count). The molecule has 7 heteroatoms. The molecule has 1 aromatic heterocycles. The molecule has 0 saturated carbocycles. The Morgan fingerprint density at radius 1 is 1.15 bits per heavy atom. The molecule has 0 radical (unpaired) electrons. The highest BCUT2D eigenvalue weighted by Gasteiger charge is 2.17. The van der Waals surface area contributed by atoms with E-state index in [4.69, 9.17) is 9.47 Å². The number of hydrogen-bond donors (Lipinski definition) is 1. The van der Waals surface area contributed by atoms with E-state index in [0.717, 1.165) is 16.0 Å². The summed E-state index contributed by atoms with van der Waals surface area (Å²) in [5.74, 6) is -0.263. The van der Waals surface area contributed by atoms with Gasteiger partial charge in [0.2, 0.25) is 0 Å². The molecule has 0 fully saturated rings. The van der Waals surface area contributed by atoms with Crippen LogP contribution in [0.4, 0.5) is 0 Å². The van der Waals surface area contributed by atoms with Gasteiger partial charge in [-0.1, -0.05) is 23.5 Å². The number of aromatic hydroxyl groups is 1. The van der Waals surface area contributed by atoms with Gasteiger partial charge < -0.3 is 14.6 Å². The van der Waals surface area contributed by atoms with Gasteiger partial charge in [-0.2, -0.15) is 0 Å². The Hall–Kier alpha value is -2.48. The highest BCUT2D eigenvalue weighted by molar-refractivity contribution is 7.16. The smallest absolute Gasteiger partial charge is 0.315 e. The molecular weight excluding hydrogens is 366 g/mol. The SMILES string of the molecule is COCCOCCCc1cc(C(=O)n2c(=O)sc3ccccc32)ccc1O. The van der Waals surface area contributed by atoms with Crippen molar-refractivity contribution in [3.63, 3.8) is 0 Å². The Morgan fingerprint density at radius 2 is 1.96 bits per heavy atom. The van der Waals surface area contributed by atoms with Crippen LogP contribution in [0.3, 0.4) is 0 Å². The molecular formula is C20H21NO5S. The highest BCUT2D eigenvalue weighted by atomic mass is 32.1. The molecule has 0 unspecified atom stereocenters. The molecule has 6 nitrogen and oxygen atoms in total. The van der Waals surface area contributed by atoms with Gasteiger partial charge in [0.15, 0.2) is 0 Å². The lowest BCUT2D eigenvalue weighted by molar-refractivity contribution is 0.0695. The number of para-hydroxylation sites is 1. The lowest BCUT2D eigenvalue weighted by Gasteiger charge is -2.09. The number of ether oxygens (including phenoxy) is 2. The van der Waals surface area contributed by atoms with Gasteiger partial charge in [-0.05, 0) is 48.7 Å². The van der Waals surface area contributed by atoms with E-state index in [1.807, 2.05) is 12.1 Å². The summed E-state index contributed by atoms with van der Waals surface area (Å²) in [6, 6.07) is 11.9. The summed E-state index contributed by atoms with van der Waals surface area (Å²) < 4.78 is 12.3. The van der Waals surface area contributed by atoms with E-state index >= 15 is 0 Å². The van der Waals surface area contributed by atoms with E-state index < -0.39 is 5.91 Å². The third-order valence-electron chi connectivity index (χ3n) is 4.18. The fraction of sp³-hybridized carbons (Fsp3) is 0.300. The first-order chi connectivity index (χ1) is 13.1. The van der Waals surface area contributed by atoms with Crippen LogP contribution < -0.4 is 4.87 Å². The molecule has 0 atom stereocenters. The number of nitrogens with zero attached hydrogens (tertiary/aromatic N) is 1. The number of thiazole rings is 1. The highest BCUT2D eigenvalue weighted by Crippen LogP contribution is 2.22. The fourth-order valence-corrected chi connectivity index (χ4v) is 3.69. The molecule has 27 heavy (non-hydrogen) atoms. The van der Waals surface area contributed by atoms with Gasteiger partial charge >= 0.3 is 4.87 Å². The average molecular weight is 387 g/mol.